The molecule has 9 nitrogen and oxygen atoms in total. The van der Waals surface area contributed by atoms with Gasteiger partial charge in [0.2, 0.25) is 0 Å². The van der Waals surface area contributed by atoms with Gasteiger partial charge in [-0.05, 0) is 12.1 Å². The lowest BCUT2D eigenvalue weighted by atomic mass is 10.3. The van der Waals surface area contributed by atoms with Crippen LogP contribution in [0.25, 0.3) is 0 Å². The first-order valence-electron chi connectivity index (χ1n) is 7.70. The van der Waals surface area contributed by atoms with Crippen LogP contribution in [0.3, 0.4) is 0 Å². The molecule has 130 valence electrons. The molecule has 1 saturated heterocycles. The third-order valence-electron chi connectivity index (χ3n) is 3.90. The second kappa shape index (κ2) is 6.71. The number of ether oxygens (including phenoxy) is 1. The Labute approximate surface area is 143 Å². The minimum atomic E-state index is -0.630. The number of nitrogens with zero attached hydrogens (tertiary/aromatic N) is 4. The minimum absolute atomic E-state index is 0.123. The summed E-state index contributed by atoms with van der Waals surface area (Å²) in [7, 11) is 1.49. The van der Waals surface area contributed by atoms with Gasteiger partial charge in [-0.3, -0.25) is 19.4 Å². The Morgan fingerprint density at radius 3 is 2.80 bits per heavy atom. The maximum Gasteiger partial charge on any atom is 0.274 e. The van der Waals surface area contributed by atoms with E-state index in [0.29, 0.717) is 25.3 Å². The maximum atomic E-state index is 12.5. The van der Waals surface area contributed by atoms with Crippen LogP contribution in [0.5, 0.6) is 5.75 Å². The number of aryl methyl sites for hydroxylation is 1. The molecule has 0 radical (unpaired) electrons. The van der Waals surface area contributed by atoms with Crippen LogP contribution in [-0.2, 0) is 7.05 Å². The van der Waals surface area contributed by atoms with Crippen molar-refractivity contribution in [1.82, 2.24) is 19.7 Å². The highest BCUT2D eigenvalue weighted by Gasteiger charge is 2.29. The van der Waals surface area contributed by atoms with Gasteiger partial charge in [0.25, 0.3) is 17.4 Å². The Kier molecular flexibility index (Phi) is 4.46. The number of carbonyl (C=O) groups excluding carboxylic acids is 2. The molecule has 0 saturated carbocycles. The molecule has 1 aliphatic rings. The zero-order chi connectivity index (χ0) is 18.0. The number of hydrogen-bond donors (Lipinski definition) is 1. The van der Waals surface area contributed by atoms with Crippen molar-refractivity contribution in [1.29, 1.82) is 0 Å². The van der Waals surface area contributed by atoms with Crippen molar-refractivity contribution in [2.24, 2.45) is 12.8 Å². The van der Waals surface area contributed by atoms with E-state index in [-0.39, 0.29) is 29.0 Å². The van der Waals surface area contributed by atoms with Crippen molar-refractivity contribution in [3.8, 4) is 5.75 Å². The van der Waals surface area contributed by atoms with Crippen LogP contribution in [0.4, 0.5) is 0 Å². The fourth-order valence-electron chi connectivity index (χ4n) is 2.60. The largest absolute Gasteiger partial charge is 0.488 e. The molecular weight excluding hydrogens is 326 g/mol. The minimum Gasteiger partial charge on any atom is -0.488 e. The van der Waals surface area contributed by atoms with E-state index in [9.17, 15) is 14.4 Å². The molecule has 2 N–H and O–H groups in total. The number of nitrogens with two attached hydrogens (primary N) is 1. The molecule has 3 rings (SSSR count). The van der Waals surface area contributed by atoms with Gasteiger partial charge >= 0.3 is 0 Å². The molecule has 0 spiro atoms. The van der Waals surface area contributed by atoms with Crippen LogP contribution < -0.4 is 16.0 Å². The molecule has 0 bridgehead atoms. The molecule has 25 heavy (non-hydrogen) atoms. The first-order chi connectivity index (χ1) is 11.9. The average molecular weight is 343 g/mol. The first kappa shape index (κ1) is 16.6. The van der Waals surface area contributed by atoms with Gasteiger partial charge in [0.05, 0.1) is 6.54 Å². The summed E-state index contributed by atoms with van der Waals surface area (Å²) in [4.78, 5) is 40.5. The van der Waals surface area contributed by atoms with E-state index in [1.54, 1.807) is 11.0 Å². The summed E-state index contributed by atoms with van der Waals surface area (Å²) in [5.74, 6) is -0.410. The SMILES string of the molecule is Cn1nc(C(=O)N2CCC(Oc3ccnc(C(N)=O)c3)C2)ccc1=O. The molecule has 3 heterocycles. The topological polar surface area (TPSA) is 120 Å². The average Bonchev–Trinajstić information content (AvgIpc) is 3.05. The fraction of sp³-hybridized carbons (Fsp3) is 0.312. The normalized spacial score (nSPS) is 16.7. The van der Waals surface area contributed by atoms with Crippen molar-refractivity contribution in [3.63, 3.8) is 0 Å². The summed E-state index contributed by atoms with van der Waals surface area (Å²) in [6.45, 7) is 0.902. The van der Waals surface area contributed by atoms with Gasteiger partial charge in [0, 0.05) is 38.3 Å². The molecule has 1 aliphatic heterocycles. The highest BCUT2D eigenvalue weighted by atomic mass is 16.5. The number of carbonyl (C=O) groups is 2. The molecule has 9 heteroatoms. The van der Waals surface area contributed by atoms with Crippen molar-refractivity contribution < 1.29 is 14.3 Å². The summed E-state index contributed by atoms with van der Waals surface area (Å²) in [5, 5.41) is 3.97. The van der Waals surface area contributed by atoms with Gasteiger partial charge in [0.1, 0.15) is 23.2 Å². The Balaban J connectivity index is 1.66. The van der Waals surface area contributed by atoms with Gasteiger partial charge in [-0.2, -0.15) is 5.10 Å². The standard InChI is InChI=1S/C16H17N5O4/c1-20-14(22)3-2-12(19-20)16(24)21-7-5-11(9-21)25-10-4-6-18-13(8-10)15(17)23/h2-4,6,8,11H,5,7,9H2,1H3,(H2,17,23). The van der Waals surface area contributed by atoms with E-state index in [0.717, 1.165) is 4.68 Å². The van der Waals surface area contributed by atoms with Crippen molar-refractivity contribution in [2.45, 2.75) is 12.5 Å². The van der Waals surface area contributed by atoms with E-state index in [1.165, 1.54) is 31.4 Å². The van der Waals surface area contributed by atoms with Crippen molar-refractivity contribution >= 4 is 11.8 Å². The highest BCUT2D eigenvalue weighted by Crippen LogP contribution is 2.19. The van der Waals surface area contributed by atoms with Gasteiger partial charge in [-0.1, -0.05) is 0 Å². The van der Waals surface area contributed by atoms with E-state index in [4.69, 9.17) is 10.5 Å². The van der Waals surface area contributed by atoms with E-state index in [1.807, 2.05) is 0 Å². The van der Waals surface area contributed by atoms with Crippen LogP contribution in [0.1, 0.15) is 27.4 Å². The maximum absolute atomic E-state index is 12.5. The van der Waals surface area contributed by atoms with Crippen molar-refractivity contribution in [3.05, 3.63) is 52.2 Å². The second-order valence-corrected chi connectivity index (χ2v) is 5.70. The Morgan fingerprint density at radius 1 is 1.28 bits per heavy atom. The Bertz CT molecular complexity index is 879. The van der Waals surface area contributed by atoms with E-state index in [2.05, 4.69) is 10.1 Å². The molecule has 2 amide bonds. The number of pyridine rings is 1. The quantitative estimate of drug-likeness (QED) is 0.804. The molecule has 1 atom stereocenters. The third-order valence-corrected chi connectivity index (χ3v) is 3.90. The summed E-state index contributed by atoms with van der Waals surface area (Å²) < 4.78 is 6.93. The third kappa shape index (κ3) is 3.65. The van der Waals surface area contributed by atoms with Gasteiger partial charge in [-0.15, -0.1) is 0 Å². The molecule has 1 unspecified atom stereocenters. The summed E-state index contributed by atoms with van der Waals surface area (Å²) in [6.07, 6.45) is 1.88. The lowest BCUT2D eigenvalue weighted by Crippen LogP contribution is -2.33. The van der Waals surface area contributed by atoms with E-state index < -0.39 is 5.91 Å². The van der Waals surface area contributed by atoms with Gasteiger partial charge in [0.15, 0.2) is 0 Å². The number of amides is 2. The number of aromatic nitrogens is 3. The van der Waals surface area contributed by atoms with Crippen LogP contribution in [0.15, 0.2) is 35.3 Å². The van der Waals surface area contributed by atoms with E-state index >= 15 is 0 Å². The Morgan fingerprint density at radius 2 is 2.08 bits per heavy atom. The van der Waals surface area contributed by atoms with Crippen LogP contribution >= 0.6 is 0 Å². The summed E-state index contributed by atoms with van der Waals surface area (Å²) in [6, 6.07) is 5.83. The molecule has 0 aliphatic carbocycles. The molecule has 2 aromatic rings. The van der Waals surface area contributed by atoms with Crippen LogP contribution in [0.2, 0.25) is 0 Å². The fourth-order valence-corrected chi connectivity index (χ4v) is 2.60. The second-order valence-electron chi connectivity index (χ2n) is 5.70. The molecule has 2 aromatic heterocycles. The summed E-state index contributed by atoms with van der Waals surface area (Å²) >= 11 is 0. The van der Waals surface area contributed by atoms with Crippen LogP contribution in [-0.4, -0.2) is 50.7 Å². The number of hydrogen-bond acceptors (Lipinski definition) is 6. The number of likely N-dealkylation sites (tertiary alicyclic amines) is 1. The van der Waals surface area contributed by atoms with Crippen molar-refractivity contribution in [2.75, 3.05) is 13.1 Å². The number of rotatable bonds is 4. The van der Waals surface area contributed by atoms with Gasteiger partial charge in [-0.25, -0.2) is 4.68 Å². The smallest absolute Gasteiger partial charge is 0.274 e. The Hall–Kier alpha value is -3.23. The number of primary amides is 1. The lowest BCUT2D eigenvalue weighted by molar-refractivity contribution is 0.0764. The lowest BCUT2D eigenvalue weighted by Gasteiger charge is -2.17. The zero-order valence-corrected chi connectivity index (χ0v) is 13.6. The molecule has 1 fully saturated rings. The summed E-state index contributed by atoms with van der Waals surface area (Å²) in [5.41, 5.74) is 5.26. The first-order valence-corrected chi connectivity index (χ1v) is 7.70. The molecule has 0 aromatic carbocycles. The highest BCUT2D eigenvalue weighted by molar-refractivity contribution is 5.92. The predicted octanol–water partition coefficient (Wildman–Crippen LogP) is -0.432. The molecular formula is C16H17N5O4. The van der Waals surface area contributed by atoms with Gasteiger partial charge < -0.3 is 15.4 Å². The predicted molar refractivity (Wildman–Crippen MR) is 87.2 cm³/mol. The van der Waals surface area contributed by atoms with Crippen LogP contribution in [0, 0.1) is 0 Å². The zero-order valence-electron chi connectivity index (χ0n) is 13.6. The monoisotopic (exact) mass is 343 g/mol.